The predicted octanol–water partition coefficient (Wildman–Crippen LogP) is 4.27. The third-order valence-corrected chi connectivity index (χ3v) is 7.42. The fraction of sp³-hybridized carbons (Fsp3) is 0. The first-order chi connectivity index (χ1) is 11.1. The number of sulfone groups is 2. The normalized spacial score (nSPS) is 11.9. The minimum absolute atomic E-state index is 0.121. The van der Waals surface area contributed by atoms with Gasteiger partial charge in [0.05, 0.1) is 19.6 Å². The van der Waals surface area contributed by atoms with Gasteiger partial charge in [-0.15, -0.1) is 0 Å². The summed E-state index contributed by atoms with van der Waals surface area (Å²) in [5.41, 5.74) is 0. The molecule has 4 nitrogen and oxygen atoms in total. The molecule has 0 N–H and O–H groups in total. The van der Waals surface area contributed by atoms with E-state index in [1.807, 2.05) is 0 Å². The molecule has 0 spiro atoms. The van der Waals surface area contributed by atoms with Crippen molar-refractivity contribution in [2.75, 3.05) is 0 Å². The van der Waals surface area contributed by atoms with Crippen molar-refractivity contribution in [3.63, 3.8) is 0 Å². The molecule has 0 heterocycles. The SMILES string of the molecule is C=C(C(=C)S(=O)(=O)c1ccc(Cl)cc1)S(=O)(=O)c1ccc(Cl)cc1. The van der Waals surface area contributed by atoms with Crippen LogP contribution in [0.3, 0.4) is 0 Å². The molecule has 0 atom stereocenters. The minimum atomic E-state index is -4.11. The molecule has 2 aromatic carbocycles. The van der Waals surface area contributed by atoms with Crippen molar-refractivity contribution in [1.29, 1.82) is 0 Å². The first kappa shape index (κ1) is 18.7. The highest BCUT2D eigenvalue weighted by molar-refractivity contribution is 8.00. The van der Waals surface area contributed by atoms with E-state index in [0.29, 0.717) is 10.0 Å². The molecule has 24 heavy (non-hydrogen) atoms. The van der Waals surface area contributed by atoms with E-state index in [4.69, 9.17) is 23.2 Å². The lowest BCUT2D eigenvalue weighted by Gasteiger charge is -2.12. The Bertz CT molecular complexity index is 919. The summed E-state index contributed by atoms with van der Waals surface area (Å²) in [5.74, 6) is 0. The van der Waals surface area contributed by atoms with Gasteiger partial charge < -0.3 is 0 Å². The van der Waals surface area contributed by atoms with E-state index in [9.17, 15) is 16.8 Å². The molecule has 0 aliphatic carbocycles. The Hall–Kier alpha value is -1.60. The van der Waals surface area contributed by atoms with E-state index in [1.54, 1.807) is 0 Å². The van der Waals surface area contributed by atoms with Crippen LogP contribution in [0.25, 0.3) is 0 Å². The van der Waals surface area contributed by atoms with Gasteiger partial charge in [0.2, 0.25) is 19.7 Å². The molecular weight excluding hydrogens is 391 g/mol. The van der Waals surface area contributed by atoms with Crippen molar-refractivity contribution >= 4 is 42.9 Å². The second kappa shape index (κ2) is 6.72. The van der Waals surface area contributed by atoms with Crippen molar-refractivity contribution < 1.29 is 16.8 Å². The van der Waals surface area contributed by atoms with E-state index < -0.39 is 29.5 Å². The lowest BCUT2D eigenvalue weighted by Crippen LogP contribution is -2.12. The Labute approximate surface area is 150 Å². The van der Waals surface area contributed by atoms with Crippen LogP contribution in [0.2, 0.25) is 10.0 Å². The van der Waals surface area contributed by atoms with Crippen molar-refractivity contribution in [3.8, 4) is 0 Å². The summed E-state index contributed by atoms with van der Waals surface area (Å²) < 4.78 is 50.1. The highest BCUT2D eigenvalue weighted by Crippen LogP contribution is 2.30. The average Bonchev–Trinajstić information content (AvgIpc) is 2.54. The highest BCUT2D eigenvalue weighted by Gasteiger charge is 2.29. The quantitative estimate of drug-likeness (QED) is 0.700. The van der Waals surface area contributed by atoms with E-state index in [1.165, 1.54) is 48.5 Å². The molecule has 0 radical (unpaired) electrons. The molecule has 8 heteroatoms. The van der Waals surface area contributed by atoms with Crippen molar-refractivity contribution in [3.05, 3.63) is 81.5 Å². The van der Waals surface area contributed by atoms with Crippen molar-refractivity contribution in [2.24, 2.45) is 0 Å². The molecule has 126 valence electrons. The fourth-order valence-corrected chi connectivity index (χ4v) is 4.88. The Kier molecular flexibility index (Phi) is 5.25. The first-order valence-electron chi connectivity index (χ1n) is 6.46. The zero-order chi connectivity index (χ0) is 18.1. The van der Waals surface area contributed by atoms with Crippen molar-refractivity contribution in [1.82, 2.24) is 0 Å². The van der Waals surface area contributed by atoms with Gasteiger partial charge in [-0.3, -0.25) is 0 Å². The van der Waals surface area contributed by atoms with Crippen molar-refractivity contribution in [2.45, 2.75) is 9.79 Å². The average molecular weight is 403 g/mol. The number of hydrogen-bond acceptors (Lipinski definition) is 4. The molecule has 0 fully saturated rings. The summed E-state index contributed by atoms with van der Waals surface area (Å²) in [6.07, 6.45) is 0. The molecular formula is C16H12Cl2O4S2. The molecule has 0 bridgehead atoms. The predicted molar refractivity (Wildman–Crippen MR) is 95.6 cm³/mol. The van der Waals surface area contributed by atoms with Gasteiger partial charge in [-0.2, -0.15) is 0 Å². The Morgan fingerprint density at radius 2 is 0.875 bits per heavy atom. The summed E-state index contributed by atoms with van der Waals surface area (Å²) in [6, 6.07) is 10.6. The molecule has 0 saturated carbocycles. The maximum absolute atomic E-state index is 12.5. The number of hydrogen-bond donors (Lipinski definition) is 0. The smallest absolute Gasteiger partial charge is 0.207 e. The Morgan fingerprint density at radius 3 is 1.12 bits per heavy atom. The minimum Gasteiger partial charge on any atom is -0.218 e. The summed E-state index contributed by atoms with van der Waals surface area (Å²) in [5, 5.41) is 0.708. The van der Waals surface area contributed by atoms with Crippen LogP contribution in [-0.2, 0) is 19.7 Å². The van der Waals surface area contributed by atoms with Gasteiger partial charge in [-0.1, -0.05) is 36.4 Å². The molecule has 0 aliphatic rings. The molecule has 0 unspecified atom stereocenters. The Balaban J connectivity index is 2.43. The maximum Gasteiger partial charge on any atom is 0.207 e. The summed E-state index contributed by atoms with van der Waals surface area (Å²) in [4.78, 5) is -1.44. The van der Waals surface area contributed by atoms with Gasteiger partial charge in [0, 0.05) is 10.0 Å². The highest BCUT2D eigenvalue weighted by atomic mass is 35.5. The van der Waals surface area contributed by atoms with Crippen LogP contribution < -0.4 is 0 Å². The monoisotopic (exact) mass is 402 g/mol. The van der Waals surface area contributed by atoms with E-state index in [2.05, 4.69) is 13.2 Å². The van der Waals surface area contributed by atoms with E-state index in [-0.39, 0.29) is 9.79 Å². The summed E-state index contributed by atoms with van der Waals surface area (Å²) in [6.45, 7) is 6.82. The van der Waals surface area contributed by atoms with Gasteiger partial charge >= 0.3 is 0 Å². The Morgan fingerprint density at radius 1 is 0.625 bits per heavy atom. The zero-order valence-electron chi connectivity index (χ0n) is 12.2. The topological polar surface area (TPSA) is 68.3 Å². The van der Waals surface area contributed by atoms with Crippen LogP contribution in [0.15, 0.2) is 81.3 Å². The summed E-state index contributed by atoms with van der Waals surface area (Å²) >= 11 is 11.5. The van der Waals surface area contributed by atoms with E-state index in [0.717, 1.165) is 0 Å². The van der Waals surface area contributed by atoms with Gasteiger partial charge in [0.1, 0.15) is 0 Å². The van der Waals surface area contributed by atoms with Crippen LogP contribution in [0, 0.1) is 0 Å². The summed E-state index contributed by atoms with van der Waals surface area (Å²) in [7, 11) is -8.22. The van der Waals surface area contributed by atoms with Gasteiger partial charge in [-0.05, 0) is 48.5 Å². The fourth-order valence-electron chi connectivity index (χ4n) is 1.81. The first-order valence-corrected chi connectivity index (χ1v) is 10.2. The molecule has 0 amide bonds. The third kappa shape index (κ3) is 3.57. The molecule has 0 aliphatic heterocycles. The lowest BCUT2D eigenvalue weighted by atomic mass is 10.4. The van der Waals surface area contributed by atoms with Crippen LogP contribution in [0.1, 0.15) is 0 Å². The number of rotatable bonds is 5. The number of halogens is 2. The third-order valence-electron chi connectivity index (χ3n) is 3.21. The van der Waals surface area contributed by atoms with Gasteiger partial charge in [0.15, 0.2) is 0 Å². The molecule has 0 aromatic heterocycles. The maximum atomic E-state index is 12.5. The van der Waals surface area contributed by atoms with Crippen LogP contribution in [-0.4, -0.2) is 16.8 Å². The van der Waals surface area contributed by atoms with Gasteiger partial charge in [0.25, 0.3) is 0 Å². The number of benzene rings is 2. The molecule has 0 saturated heterocycles. The van der Waals surface area contributed by atoms with Crippen LogP contribution >= 0.6 is 23.2 Å². The molecule has 2 aromatic rings. The van der Waals surface area contributed by atoms with Gasteiger partial charge in [-0.25, -0.2) is 16.8 Å². The standard InChI is InChI=1S/C16H12Cl2O4S2/c1-11(23(19,20)15-7-3-13(17)4-8-15)12(2)24(21,22)16-9-5-14(18)6-10-16/h3-10H,1-2H2. The van der Waals surface area contributed by atoms with Crippen LogP contribution in [0.5, 0.6) is 0 Å². The second-order valence-electron chi connectivity index (χ2n) is 4.76. The molecule has 2 rings (SSSR count). The second-order valence-corrected chi connectivity index (χ2v) is 9.58. The van der Waals surface area contributed by atoms with Crippen LogP contribution in [0.4, 0.5) is 0 Å². The zero-order valence-corrected chi connectivity index (χ0v) is 15.4. The lowest BCUT2D eigenvalue weighted by molar-refractivity contribution is 0.597. The van der Waals surface area contributed by atoms with E-state index >= 15 is 0 Å². The largest absolute Gasteiger partial charge is 0.218 e.